The molecule has 162 valence electrons. The van der Waals surface area contributed by atoms with E-state index in [0.717, 1.165) is 32.1 Å². The largest absolute Gasteiger partial charge is 0.464 e. The molecule has 1 saturated carbocycles. The zero-order valence-electron chi connectivity index (χ0n) is 18.8. The van der Waals surface area contributed by atoms with Gasteiger partial charge in [-0.05, 0) is 59.9 Å². The first-order valence-corrected chi connectivity index (χ1v) is 10.4. The number of carbonyl (C=O) groups is 3. The molecule has 0 bridgehead atoms. The van der Waals surface area contributed by atoms with Crippen LogP contribution < -0.4 is 5.32 Å². The van der Waals surface area contributed by atoms with E-state index in [9.17, 15) is 14.4 Å². The van der Waals surface area contributed by atoms with Crippen LogP contribution in [0.3, 0.4) is 0 Å². The van der Waals surface area contributed by atoms with Crippen LogP contribution in [0, 0.1) is 13.8 Å². The molecule has 7 heteroatoms. The number of hydrogen-bond acceptors (Lipinski definition) is 4. The van der Waals surface area contributed by atoms with E-state index < -0.39 is 17.6 Å². The zero-order chi connectivity index (χ0) is 21.9. The highest BCUT2D eigenvalue weighted by Gasteiger charge is 2.36. The average Bonchev–Trinajstić information content (AvgIpc) is 2.94. The van der Waals surface area contributed by atoms with Crippen LogP contribution in [-0.2, 0) is 4.74 Å². The predicted octanol–water partition coefficient (Wildman–Crippen LogP) is 4.13. The summed E-state index contributed by atoms with van der Waals surface area (Å²) in [6, 6.07) is -0.826. The minimum atomic E-state index is -0.640. The number of aromatic nitrogens is 1. The SMILES string of the molecule is COC(=O)c1[nH]c(C)c(C(=O)C(C)N(C(=O)NC(C)(C)C)C2CCCCC2)c1C. The number of nitrogens with one attached hydrogen (secondary N) is 2. The second kappa shape index (κ2) is 9.01. The lowest BCUT2D eigenvalue weighted by Crippen LogP contribution is -2.57. The summed E-state index contributed by atoms with van der Waals surface area (Å²) in [5.41, 5.74) is 1.52. The molecule has 1 aromatic heterocycles. The molecule has 2 rings (SSSR count). The van der Waals surface area contributed by atoms with Crippen LogP contribution in [-0.4, -0.2) is 52.4 Å². The van der Waals surface area contributed by atoms with Gasteiger partial charge in [0.25, 0.3) is 0 Å². The molecule has 0 radical (unpaired) electrons. The molecule has 1 aliphatic carbocycles. The number of amides is 2. The first kappa shape index (κ1) is 23.0. The number of ketones is 1. The third-order valence-electron chi connectivity index (χ3n) is 5.55. The van der Waals surface area contributed by atoms with Crippen molar-refractivity contribution >= 4 is 17.8 Å². The van der Waals surface area contributed by atoms with E-state index in [1.807, 2.05) is 20.8 Å². The summed E-state index contributed by atoms with van der Waals surface area (Å²) in [6.07, 6.45) is 5.06. The van der Waals surface area contributed by atoms with Gasteiger partial charge in [0, 0.05) is 22.8 Å². The Morgan fingerprint density at radius 3 is 2.24 bits per heavy atom. The van der Waals surface area contributed by atoms with Gasteiger partial charge < -0.3 is 19.9 Å². The number of ether oxygens (including phenoxy) is 1. The van der Waals surface area contributed by atoms with Gasteiger partial charge in [-0.25, -0.2) is 9.59 Å². The summed E-state index contributed by atoms with van der Waals surface area (Å²) in [4.78, 5) is 43.3. The van der Waals surface area contributed by atoms with Gasteiger partial charge in [0.1, 0.15) is 5.69 Å². The molecule has 1 unspecified atom stereocenters. The molecule has 1 aromatic rings. The van der Waals surface area contributed by atoms with E-state index >= 15 is 0 Å². The second-order valence-corrected chi connectivity index (χ2v) is 9.04. The molecule has 7 nitrogen and oxygen atoms in total. The van der Waals surface area contributed by atoms with Gasteiger partial charge in [-0.1, -0.05) is 19.3 Å². The van der Waals surface area contributed by atoms with Crippen molar-refractivity contribution in [2.24, 2.45) is 0 Å². The number of nitrogens with zero attached hydrogens (tertiary/aromatic N) is 1. The highest BCUT2D eigenvalue weighted by molar-refractivity contribution is 6.06. The lowest BCUT2D eigenvalue weighted by molar-refractivity contribution is 0.0593. The van der Waals surface area contributed by atoms with E-state index in [0.29, 0.717) is 16.8 Å². The van der Waals surface area contributed by atoms with Gasteiger partial charge >= 0.3 is 12.0 Å². The quantitative estimate of drug-likeness (QED) is 0.569. The lowest BCUT2D eigenvalue weighted by atomic mass is 9.91. The number of H-pyrrole nitrogens is 1. The van der Waals surface area contributed by atoms with Gasteiger partial charge in [-0.15, -0.1) is 0 Å². The summed E-state index contributed by atoms with van der Waals surface area (Å²) < 4.78 is 4.81. The van der Waals surface area contributed by atoms with E-state index in [1.165, 1.54) is 7.11 Å². The van der Waals surface area contributed by atoms with Crippen molar-refractivity contribution in [2.45, 2.75) is 91.3 Å². The minimum Gasteiger partial charge on any atom is -0.464 e. The number of rotatable bonds is 5. The second-order valence-electron chi connectivity index (χ2n) is 9.04. The maximum Gasteiger partial charge on any atom is 0.354 e. The van der Waals surface area contributed by atoms with Gasteiger partial charge in [-0.3, -0.25) is 4.79 Å². The summed E-state index contributed by atoms with van der Waals surface area (Å²) >= 11 is 0. The number of Topliss-reactive ketones (excluding diaryl/α,β-unsaturated/α-hetero) is 1. The van der Waals surface area contributed by atoms with Crippen molar-refractivity contribution in [1.82, 2.24) is 15.2 Å². The molecule has 0 saturated heterocycles. The first-order chi connectivity index (χ1) is 13.5. The Morgan fingerprint density at radius 2 is 1.72 bits per heavy atom. The Morgan fingerprint density at radius 1 is 1.14 bits per heavy atom. The van der Waals surface area contributed by atoms with Crippen molar-refractivity contribution in [3.8, 4) is 0 Å². The zero-order valence-corrected chi connectivity index (χ0v) is 18.8. The van der Waals surface area contributed by atoms with E-state index in [-0.39, 0.29) is 23.6 Å². The van der Waals surface area contributed by atoms with E-state index in [2.05, 4.69) is 10.3 Å². The van der Waals surface area contributed by atoms with Crippen LogP contribution in [0.25, 0.3) is 0 Å². The molecule has 1 fully saturated rings. The third-order valence-corrected chi connectivity index (χ3v) is 5.55. The molecule has 0 spiro atoms. The Hall–Kier alpha value is -2.31. The van der Waals surface area contributed by atoms with Gasteiger partial charge in [0.05, 0.1) is 13.2 Å². The maximum absolute atomic E-state index is 13.5. The molecule has 1 aliphatic rings. The molecule has 0 aromatic carbocycles. The number of aromatic amines is 1. The smallest absolute Gasteiger partial charge is 0.354 e. The molecule has 29 heavy (non-hydrogen) atoms. The van der Waals surface area contributed by atoms with Crippen LogP contribution >= 0.6 is 0 Å². The van der Waals surface area contributed by atoms with Gasteiger partial charge in [-0.2, -0.15) is 0 Å². The fourth-order valence-corrected chi connectivity index (χ4v) is 4.16. The maximum atomic E-state index is 13.5. The number of urea groups is 1. The van der Waals surface area contributed by atoms with E-state index in [4.69, 9.17) is 4.74 Å². The Kier molecular flexibility index (Phi) is 7.14. The third kappa shape index (κ3) is 5.19. The minimum absolute atomic E-state index is 0.0321. The first-order valence-electron chi connectivity index (χ1n) is 10.4. The molecule has 0 aliphatic heterocycles. The molecule has 1 atom stereocenters. The van der Waals surface area contributed by atoms with Crippen molar-refractivity contribution in [3.63, 3.8) is 0 Å². The van der Waals surface area contributed by atoms with Gasteiger partial charge in [0.2, 0.25) is 0 Å². The number of esters is 1. The number of aryl methyl sites for hydroxylation is 1. The Bertz CT molecular complexity index is 770. The number of methoxy groups -OCH3 is 1. The number of carbonyl (C=O) groups excluding carboxylic acids is 3. The average molecular weight is 406 g/mol. The van der Waals surface area contributed by atoms with Crippen LogP contribution in [0.4, 0.5) is 4.79 Å². The van der Waals surface area contributed by atoms with Crippen LogP contribution in [0.15, 0.2) is 0 Å². The molecule has 2 amide bonds. The van der Waals surface area contributed by atoms with E-state index in [1.54, 1.807) is 25.7 Å². The lowest BCUT2D eigenvalue weighted by Gasteiger charge is -2.39. The van der Waals surface area contributed by atoms with Crippen LogP contribution in [0.1, 0.15) is 91.9 Å². The van der Waals surface area contributed by atoms with Crippen molar-refractivity contribution in [1.29, 1.82) is 0 Å². The highest BCUT2D eigenvalue weighted by atomic mass is 16.5. The monoisotopic (exact) mass is 405 g/mol. The van der Waals surface area contributed by atoms with Crippen LogP contribution in [0.5, 0.6) is 0 Å². The molecule has 1 heterocycles. The summed E-state index contributed by atoms with van der Waals surface area (Å²) in [7, 11) is 1.31. The fourth-order valence-electron chi connectivity index (χ4n) is 4.16. The standard InChI is InChI=1S/C22H35N3O4/c1-13-17(14(2)23-18(13)20(27)29-7)19(26)15(3)25(16-11-9-8-10-12-16)21(28)24-22(4,5)6/h15-16,23H,8-12H2,1-7H3,(H,24,28). The Labute approximate surface area is 173 Å². The topological polar surface area (TPSA) is 91.5 Å². The van der Waals surface area contributed by atoms with Crippen LogP contribution in [0.2, 0.25) is 0 Å². The normalized spacial score (nSPS) is 16.2. The van der Waals surface area contributed by atoms with Crippen molar-refractivity contribution in [2.75, 3.05) is 7.11 Å². The highest BCUT2D eigenvalue weighted by Crippen LogP contribution is 2.28. The molecular weight excluding hydrogens is 370 g/mol. The summed E-state index contributed by atoms with van der Waals surface area (Å²) in [5, 5.41) is 3.02. The molecular formula is C22H35N3O4. The fraction of sp³-hybridized carbons (Fsp3) is 0.682. The van der Waals surface area contributed by atoms with Gasteiger partial charge in [0.15, 0.2) is 5.78 Å². The summed E-state index contributed by atoms with van der Waals surface area (Å²) in [6.45, 7) is 11.1. The number of hydrogen-bond donors (Lipinski definition) is 2. The molecule has 2 N–H and O–H groups in total. The summed E-state index contributed by atoms with van der Waals surface area (Å²) in [5.74, 6) is -0.673. The van der Waals surface area contributed by atoms with Crippen molar-refractivity contribution in [3.05, 3.63) is 22.5 Å². The Balaban J connectivity index is 2.38. The predicted molar refractivity (Wildman–Crippen MR) is 112 cm³/mol. The van der Waals surface area contributed by atoms with Crippen molar-refractivity contribution < 1.29 is 19.1 Å².